The molecule has 0 amide bonds. The molecule has 1 saturated heterocycles. The van der Waals surface area contributed by atoms with Crippen molar-refractivity contribution >= 4 is 29.9 Å². The molecule has 0 saturated carbocycles. The van der Waals surface area contributed by atoms with Crippen LogP contribution in [0, 0.1) is 0 Å². The summed E-state index contributed by atoms with van der Waals surface area (Å²) in [6, 6.07) is 10.9. The van der Waals surface area contributed by atoms with Crippen LogP contribution >= 0.6 is 24.0 Å². The fourth-order valence-corrected chi connectivity index (χ4v) is 3.77. The van der Waals surface area contributed by atoms with Gasteiger partial charge in [0.1, 0.15) is 0 Å². The molecule has 2 N–H and O–H groups in total. The third kappa shape index (κ3) is 7.87. The van der Waals surface area contributed by atoms with Gasteiger partial charge >= 0.3 is 0 Å². The number of guanidine groups is 1. The monoisotopic (exact) mass is 502 g/mol. The summed E-state index contributed by atoms with van der Waals surface area (Å²) in [5, 5.41) is 7.04. The molecule has 2 rings (SSSR count). The van der Waals surface area contributed by atoms with Crippen LogP contribution in [-0.2, 0) is 10.2 Å². The molecule has 1 aliphatic heterocycles. The van der Waals surface area contributed by atoms with Crippen LogP contribution in [0.1, 0.15) is 45.1 Å². The molecule has 6 heteroatoms. The summed E-state index contributed by atoms with van der Waals surface area (Å²) >= 11 is 0. The topological polar surface area (TPSA) is 48.9 Å². The van der Waals surface area contributed by atoms with Gasteiger partial charge in [-0.05, 0) is 37.8 Å². The minimum absolute atomic E-state index is 0. The molecule has 0 atom stereocenters. The Hall–Kier alpha value is -0.860. The Bertz CT molecular complexity index is 543. The Morgan fingerprint density at radius 3 is 2.36 bits per heavy atom. The smallest absolute Gasteiger partial charge is 0.191 e. The lowest BCUT2D eigenvalue weighted by molar-refractivity contribution is 0.0372. The molecule has 0 aromatic heterocycles. The molecular weight excluding hydrogens is 463 g/mol. The van der Waals surface area contributed by atoms with Gasteiger partial charge in [-0.25, -0.2) is 0 Å². The Morgan fingerprint density at radius 1 is 1.07 bits per heavy atom. The number of halogens is 1. The van der Waals surface area contributed by atoms with Gasteiger partial charge in [-0.1, -0.05) is 44.2 Å². The van der Waals surface area contributed by atoms with Crippen LogP contribution in [0.2, 0.25) is 0 Å². The van der Waals surface area contributed by atoms with Crippen LogP contribution in [-0.4, -0.2) is 63.8 Å². The molecule has 1 aromatic carbocycles. The number of benzene rings is 1. The third-order valence-electron chi connectivity index (χ3n) is 5.85. The zero-order valence-corrected chi connectivity index (χ0v) is 20.2. The van der Waals surface area contributed by atoms with Gasteiger partial charge in [0.05, 0.1) is 13.2 Å². The van der Waals surface area contributed by atoms with Gasteiger partial charge < -0.3 is 15.4 Å². The molecule has 0 unspecified atom stereocenters. The molecule has 1 aliphatic rings. The number of hydrogen-bond acceptors (Lipinski definition) is 3. The lowest BCUT2D eigenvalue weighted by atomic mass is 9.76. The van der Waals surface area contributed by atoms with Crippen molar-refractivity contribution in [1.82, 2.24) is 15.5 Å². The maximum atomic E-state index is 5.40. The molecule has 0 spiro atoms. The standard InChI is InChI=1S/C22H38N4O.HI/c1-4-22(5-2,20-11-7-6-8-12-20)19-25-21(23-3)24-13-9-10-14-26-15-17-27-18-16-26;/h6-8,11-12H,4-5,9-10,13-19H2,1-3H3,(H2,23,24,25);1H. The maximum absolute atomic E-state index is 5.40. The van der Waals surface area contributed by atoms with E-state index in [1.54, 1.807) is 0 Å². The molecule has 28 heavy (non-hydrogen) atoms. The minimum Gasteiger partial charge on any atom is -0.379 e. The van der Waals surface area contributed by atoms with E-state index in [-0.39, 0.29) is 29.4 Å². The number of ether oxygens (including phenoxy) is 1. The maximum Gasteiger partial charge on any atom is 0.191 e. The van der Waals surface area contributed by atoms with Crippen molar-refractivity contribution in [2.24, 2.45) is 4.99 Å². The lowest BCUT2D eigenvalue weighted by Crippen LogP contribution is -2.45. The first-order valence-corrected chi connectivity index (χ1v) is 10.5. The zero-order chi connectivity index (χ0) is 19.4. The van der Waals surface area contributed by atoms with Crippen molar-refractivity contribution in [3.63, 3.8) is 0 Å². The van der Waals surface area contributed by atoms with E-state index in [0.717, 1.165) is 64.6 Å². The second-order valence-electron chi connectivity index (χ2n) is 7.37. The predicted octanol–water partition coefficient (Wildman–Crippen LogP) is 3.64. The largest absolute Gasteiger partial charge is 0.379 e. The number of nitrogens with zero attached hydrogens (tertiary/aromatic N) is 2. The molecule has 160 valence electrons. The Kier molecular flexibility index (Phi) is 12.7. The molecule has 5 nitrogen and oxygen atoms in total. The van der Waals surface area contributed by atoms with Crippen molar-refractivity contribution < 1.29 is 4.74 Å². The van der Waals surface area contributed by atoms with Crippen molar-refractivity contribution in [3.05, 3.63) is 35.9 Å². The minimum atomic E-state index is 0. The highest BCUT2D eigenvalue weighted by molar-refractivity contribution is 14.0. The average Bonchev–Trinajstić information content (AvgIpc) is 2.74. The third-order valence-corrected chi connectivity index (χ3v) is 5.85. The van der Waals surface area contributed by atoms with Crippen molar-refractivity contribution in [2.75, 3.05) is 53.0 Å². The number of morpholine rings is 1. The number of nitrogens with one attached hydrogen (secondary N) is 2. The van der Waals surface area contributed by atoms with E-state index >= 15 is 0 Å². The predicted molar refractivity (Wildman–Crippen MR) is 130 cm³/mol. The van der Waals surface area contributed by atoms with E-state index in [1.807, 2.05) is 7.05 Å². The number of unbranched alkanes of at least 4 members (excludes halogenated alkanes) is 1. The fourth-order valence-electron chi connectivity index (χ4n) is 3.77. The second kappa shape index (κ2) is 14.2. The van der Waals surface area contributed by atoms with Crippen molar-refractivity contribution in [2.45, 2.75) is 44.9 Å². The van der Waals surface area contributed by atoms with Gasteiger partial charge in [0, 0.05) is 38.6 Å². The van der Waals surface area contributed by atoms with Gasteiger partial charge in [0.25, 0.3) is 0 Å². The van der Waals surface area contributed by atoms with Gasteiger partial charge in [-0.2, -0.15) is 0 Å². The van der Waals surface area contributed by atoms with Crippen LogP contribution < -0.4 is 10.6 Å². The van der Waals surface area contributed by atoms with Crippen LogP contribution in [0.3, 0.4) is 0 Å². The van der Waals surface area contributed by atoms with Crippen LogP contribution in [0.15, 0.2) is 35.3 Å². The molecule has 0 bridgehead atoms. The molecule has 0 radical (unpaired) electrons. The molecule has 0 aliphatic carbocycles. The Balaban J connectivity index is 0.00000392. The normalized spacial score (nSPS) is 15.8. The van der Waals surface area contributed by atoms with Crippen LogP contribution in [0.25, 0.3) is 0 Å². The van der Waals surface area contributed by atoms with Gasteiger partial charge in [-0.3, -0.25) is 9.89 Å². The first-order chi connectivity index (χ1) is 13.2. The summed E-state index contributed by atoms with van der Waals surface area (Å²) in [5.41, 5.74) is 1.55. The molecule has 1 fully saturated rings. The first-order valence-electron chi connectivity index (χ1n) is 10.5. The Morgan fingerprint density at radius 2 is 1.75 bits per heavy atom. The highest BCUT2D eigenvalue weighted by atomic mass is 127. The summed E-state index contributed by atoms with van der Waals surface area (Å²) in [6.45, 7) is 11.5. The van der Waals surface area contributed by atoms with Crippen LogP contribution in [0.4, 0.5) is 0 Å². The Labute approximate surface area is 188 Å². The molecule has 1 heterocycles. The number of hydrogen-bond donors (Lipinski definition) is 2. The van der Waals surface area contributed by atoms with Crippen molar-refractivity contribution in [3.8, 4) is 0 Å². The summed E-state index contributed by atoms with van der Waals surface area (Å²) in [7, 11) is 1.85. The van der Waals surface area contributed by atoms with Crippen LogP contribution in [0.5, 0.6) is 0 Å². The van der Waals surface area contributed by atoms with Crippen molar-refractivity contribution in [1.29, 1.82) is 0 Å². The van der Waals surface area contributed by atoms with E-state index in [0.29, 0.717) is 0 Å². The molecular formula is C22H39IN4O. The molecule has 1 aromatic rings. The number of rotatable bonds is 10. The summed E-state index contributed by atoms with van der Waals surface area (Å²) < 4.78 is 5.40. The van der Waals surface area contributed by atoms with Gasteiger partial charge in [0.2, 0.25) is 0 Å². The number of aliphatic imine (C=N–C) groups is 1. The van der Waals surface area contributed by atoms with Gasteiger partial charge in [-0.15, -0.1) is 24.0 Å². The SMILES string of the molecule is CCC(CC)(CNC(=NC)NCCCCN1CCOCC1)c1ccccc1.I. The van der Waals surface area contributed by atoms with E-state index in [1.165, 1.54) is 18.5 Å². The van der Waals surface area contributed by atoms with E-state index in [9.17, 15) is 0 Å². The lowest BCUT2D eigenvalue weighted by Gasteiger charge is -2.33. The zero-order valence-electron chi connectivity index (χ0n) is 17.9. The summed E-state index contributed by atoms with van der Waals surface area (Å²) in [4.78, 5) is 6.90. The first kappa shape index (κ1) is 25.2. The summed E-state index contributed by atoms with van der Waals surface area (Å²) in [5.74, 6) is 0.906. The highest BCUT2D eigenvalue weighted by Gasteiger charge is 2.28. The average molecular weight is 502 g/mol. The van der Waals surface area contributed by atoms with E-state index < -0.39 is 0 Å². The summed E-state index contributed by atoms with van der Waals surface area (Å²) in [6.07, 6.45) is 4.58. The second-order valence-corrected chi connectivity index (χ2v) is 7.37. The van der Waals surface area contributed by atoms with Gasteiger partial charge in [0.15, 0.2) is 5.96 Å². The quantitative estimate of drug-likeness (QED) is 0.222. The van der Waals surface area contributed by atoms with E-state index in [4.69, 9.17) is 4.74 Å². The van der Waals surface area contributed by atoms with E-state index in [2.05, 4.69) is 64.7 Å². The fraction of sp³-hybridized carbons (Fsp3) is 0.682. The highest BCUT2D eigenvalue weighted by Crippen LogP contribution is 2.30.